The molecular weight excluding hydrogens is 263 g/mol. The van der Waals surface area contributed by atoms with Crippen molar-refractivity contribution in [2.45, 2.75) is 13.8 Å². The number of carbonyl (C=O) groups excluding carboxylic acids is 1. The summed E-state index contributed by atoms with van der Waals surface area (Å²) >= 11 is 11.6. The first-order valence-electron chi connectivity index (χ1n) is 5.13. The molecule has 0 bridgehead atoms. The van der Waals surface area contributed by atoms with E-state index in [1.54, 1.807) is 18.2 Å². The van der Waals surface area contributed by atoms with E-state index in [2.05, 4.69) is 10.8 Å². The fourth-order valence-electron chi connectivity index (χ4n) is 1.00. The van der Waals surface area contributed by atoms with E-state index in [-0.39, 0.29) is 0 Å². The van der Waals surface area contributed by atoms with Gasteiger partial charge < -0.3 is 5.32 Å². The fraction of sp³-hybridized carbons (Fsp3) is 0.364. The topological polar surface area (TPSA) is 50.4 Å². The van der Waals surface area contributed by atoms with Crippen molar-refractivity contribution in [3.63, 3.8) is 0 Å². The molecule has 6 heteroatoms. The molecule has 0 spiro atoms. The van der Waals surface area contributed by atoms with Crippen molar-refractivity contribution >= 4 is 34.9 Å². The lowest BCUT2D eigenvalue weighted by Crippen LogP contribution is -2.30. The van der Waals surface area contributed by atoms with Crippen LogP contribution < -0.4 is 10.8 Å². The third-order valence-corrected chi connectivity index (χ3v) is 2.50. The average Bonchev–Trinajstić information content (AvgIpc) is 2.23. The molecule has 94 valence electrons. The quantitative estimate of drug-likeness (QED) is 0.824. The van der Waals surface area contributed by atoms with Crippen molar-refractivity contribution < 1.29 is 9.63 Å². The molecule has 0 aromatic heterocycles. The van der Waals surface area contributed by atoms with Gasteiger partial charge in [-0.3, -0.25) is 4.84 Å². The second-order valence-electron chi connectivity index (χ2n) is 3.89. The normalized spacial score (nSPS) is 10.4. The Kier molecular flexibility index (Phi) is 5.55. The summed E-state index contributed by atoms with van der Waals surface area (Å²) in [6.45, 7) is 4.42. The predicted octanol–water partition coefficient (Wildman–Crippen LogP) is 3.70. The summed E-state index contributed by atoms with van der Waals surface area (Å²) in [5.74, 6) is 0.347. The largest absolute Gasteiger partial charge is 0.343 e. The zero-order valence-electron chi connectivity index (χ0n) is 9.59. The van der Waals surface area contributed by atoms with E-state index in [1.807, 2.05) is 13.8 Å². The van der Waals surface area contributed by atoms with Crippen molar-refractivity contribution in [2.24, 2.45) is 5.92 Å². The Hall–Kier alpha value is -0.970. The van der Waals surface area contributed by atoms with Crippen molar-refractivity contribution in [3.05, 3.63) is 28.2 Å². The molecule has 17 heavy (non-hydrogen) atoms. The lowest BCUT2D eigenvalue weighted by Gasteiger charge is -2.09. The van der Waals surface area contributed by atoms with Gasteiger partial charge in [-0.1, -0.05) is 37.0 Å². The van der Waals surface area contributed by atoms with E-state index in [0.29, 0.717) is 28.3 Å². The molecule has 1 aromatic rings. The molecule has 1 rings (SSSR count). The lowest BCUT2D eigenvalue weighted by molar-refractivity contribution is 0.0482. The van der Waals surface area contributed by atoms with Gasteiger partial charge in [0.15, 0.2) is 0 Å². The monoisotopic (exact) mass is 276 g/mol. The van der Waals surface area contributed by atoms with E-state index in [0.717, 1.165) is 0 Å². The lowest BCUT2D eigenvalue weighted by atomic mass is 10.2. The molecule has 2 N–H and O–H groups in total. The van der Waals surface area contributed by atoms with Gasteiger partial charge in [-0.2, -0.15) is 0 Å². The van der Waals surface area contributed by atoms with Crippen LogP contribution in [0.5, 0.6) is 0 Å². The van der Waals surface area contributed by atoms with Gasteiger partial charge in [-0.05, 0) is 24.1 Å². The van der Waals surface area contributed by atoms with Gasteiger partial charge in [0.1, 0.15) is 0 Å². The Labute approximate surface area is 110 Å². The van der Waals surface area contributed by atoms with Gasteiger partial charge in [-0.25, -0.2) is 10.3 Å². The second kappa shape index (κ2) is 6.69. The number of carbonyl (C=O) groups is 1. The van der Waals surface area contributed by atoms with Crippen molar-refractivity contribution in [2.75, 3.05) is 11.9 Å². The zero-order valence-corrected chi connectivity index (χ0v) is 11.1. The Morgan fingerprint density at radius 2 is 2.06 bits per heavy atom. The van der Waals surface area contributed by atoms with E-state index in [4.69, 9.17) is 28.0 Å². The van der Waals surface area contributed by atoms with Crippen LogP contribution in [0.2, 0.25) is 10.0 Å². The minimum Gasteiger partial charge on any atom is -0.306 e. The Morgan fingerprint density at radius 1 is 1.35 bits per heavy atom. The SMILES string of the molecule is CC(C)CONC(=O)Nc1ccc(Cl)c(Cl)c1. The molecule has 2 amide bonds. The van der Waals surface area contributed by atoms with Crippen molar-refractivity contribution in [3.8, 4) is 0 Å². The maximum absolute atomic E-state index is 11.4. The molecule has 0 saturated carbocycles. The molecule has 0 unspecified atom stereocenters. The Morgan fingerprint density at radius 3 is 2.65 bits per heavy atom. The summed E-state index contributed by atoms with van der Waals surface area (Å²) in [4.78, 5) is 16.3. The van der Waals surface area contributed by atoms with E-state index in [1.165, 1.54) is 0 Å². The molecular formula is C11H14Cl2N2O2. The van der Waals surface area contributed by atoms with Gasteiger partial charge in [0, 0.05) is 5.69 Å². The van der Waals surface area contributed by atoms with Gasteiger partial charge in [0.25, 0.3) is 0 Å². The first-order chi connectivity index (χ1) is 7.99. The summed E-state index contributed by atoms with van der Waals surface area (Å²) in [6, 6.07) is 4.36. The number of urea groups is 1. The van der Waals surface area contributed by atoms with Crippen LogP contribution in [0.15, 0.2) is 18.2 Å². The highest BCUT2D eigenvalue weighted by Crippen LogP contribution is 2.24. The van der Waals surface area contributed by atoms with Crippen LogP contribution in [0.1, 0.15) is 13.8 Å². The minimum atomic E-state index is -0.455. The predicted molar refractivity (Wildman–Crippen MR) is 69.4 cm³/mol. The molecule has 4 nitrogen and oxygen atoms in total. The Bertz CT molecular complexity index is 397. The number of nitrogens with one attached hydrogen (secondary N) is 2. The number of hydrogen-bond acceptors (Lipinski definition) is 2. The number of benzene rings is 1. The number of halogens is 2. The fourth-order valence-corrected chi connectivity index (χ4v) is 1.30. The summed E-state index contributed by atoms with van der Waals surface area (Å²) in [7, 11) is 0. The maximum Gasteiger partial charge on any atom is 0.343 e. The minimum absolute atomic E-state index is 0.347. The molecule has 0 radical (unpaired) electrons. The van der Waals surface area contributed by atoms with Crippen molar-refractivity contribution in [1.29, 1.82) is 0 Å². The maximum atomic E-state index is 11.4. The molecule has 0 saturated heterocycles. The van der Waals surface area contributed by atoms with Crippen LogP contribution in [-0.4, -0.2) is 12.6 Å². The van der Waals surface area contributed by atoms with Crippen molar-refractivity contribution in [1.82, 2.24) is 5.48 Å². The molecule has 0 heterocycles. The molecule has 0 atom stereocenters. The molecule has 0 aliphatic carbocycles. The average molecular weight is 277 g/mol. The highest BCUT2D eigenvalue weighted by molar-refractivity contribution is 6.42. The van der Waals surface area contributed by atoms with Gasteiger partial charge in [-0.15, -0.1) is 0 Å². The van der Waals surface area contributed by atoms with Crippen LogP contribution in [0.25, 0.3) is 0 Å². The summed E-state index contributed by atoms with van der Waals surface area (Å²) in [5.41, 5.74) is 2.82. The zero-order chi connectivity index (χ0) is 12.8. The molecule has 0 aliphatic heterocycles. The van der Waals surface area contributed by atoms with Gasteiger partial charge >= 0.3 is 6.03 Å². The van der Waals surface area contributed by atoms with Crippen LogP contribution in [-0.2, 0) is 4.84 Å². The summed E-state index contributed by atoms with van der Waals surface area (Å²) in [6.07, 6.45) is 0. The highest BCUT2D eigenvalue weighted by atomic mass is 35.5. The van der Waals surface area contributed by atoms with Crippen LogP contribution in [0.4, 0.5) is 10.5 Å². The number of rotatable bonds is 4. The third kappa shape index (κ3) is 5.26. The highest BCUT2D eigenvalue weighted by Gasteiger charge is 2.04. The van der Waals surface area contributed by atoms with Crippen LogP contribution in [0, 0.1) is 5.92 Å². The standard InChI is InChI=1S/C11H14Cl2N2O2/c1-7(2)6-17-15-11(16)14-8-3-4-9(12)10(13)5-8/h3-5,7H,6H2,1-2H3,(H2,14,15,16). The smallest absolute Gasteiger partial charge is 0.306 e. The second-order valence-corrected chi connectivity index (χ2v) is 4.70. The van der Waals surface area contributed by atoms with Crippen LogP contribution in [0.3, 0.4) is 0 Å². The Balaban J connectivity index is 2.42. The van der Waals surface area contributed by atoms with Crippen LogP contribution >= 0.6 is 23.2 Å². The first kappa shape index (κ1) is 14.1. The first-order valence-corrected chi connectivity index (χ1v) is 5.88. The number of anilines is 1. The number of hydrogen-bond donors (Lipinski definition) is 2. The molecule has 0 fully saturated rings. The van der Waals surface area contributed by atoms with E-state index >= 15 is 0 Å². The van der Waals surface area contributed by atoms with Gasteiger partial charge in [0.2, 0.25) is 0 Å². The molecule has 0 aliphatic rings. The summed E-state index contributed by atoms with van der Waals surface area (Å²) in [5, 5.41) is 3.39. The van der Waals surface area contributed by atoms with E-state index < -0.39 is 6.03 Å². The summed E-state index contributed by atoms with van der Waals surface area (Å²) < 4.78 is 0. The third-order valence-electron chi connectivity index (χ3n) is 1.76. The molecule has 1 aromatic carbocycles. The van der Waals surface area contributed by atoms with Gasteiger partial charge in [0.05, 0.1) is 16.7 Å². The number of amides is 2. The van der Waals surface area contributed by atoms with E-state index in [9.17, 15) is 4.79 Å². The number of hydroxylamine groups is 1.